The molecule has 1 amide bonds. The summed E-state index contributed by atoms with van der Waals surface area (Å²) in [6.45, 7) is 2.16. The van der Waals surface area contributed by atoms with Crippen LogP contribution in [0, 0.1) is 5.92 Å². The highest BCUT2D eigenvalue weighted by Crippen LogP contribution is 2.26. The molecule has 1 rings (SSSR count). The first kappa shape index (κ1) is 10.5. The average molecular weight is 185 g/mol. The normalized spacial score (nSPS) is 20.2. The quantitative estimate of drug-likeness (QED) is 0.713. The fourth-order valence-corrected chi connectivity index (χ4v) is 1.97. The van der Waals surface area contributed by atoms with E-state index in [0.29, 0.717) is 6.54 Å². The fourth-order valence-electron chi connectivity index (χ4n) is 1.97. The number of carbonyl (C=O) groups is 1. The van der Waals surface area contributed by atoms with Crippen molar-refractivity contribution < 1.29 is 9.90 Å². The van der Waals surface area contributed by atoms with Gasteiger partial charge >= 0.3 is 0 Å². The Hall–Kier alpha value is -0.570. The summed E-state index contributed by atoms with van der Waals surface area (Å²) in [4.78, 5) is 13.3. The zero-order chi connectivity index (χ0) is 9.84. The Morgan fingerprint density at radius 1 is 1.54 bits per heavy atom. The van der Waals surface area contributed by atoms with Crippen LogP contribution in [-0.2, 0) is 4.79 Å². The molecule has 1 unspecified atom stereocenters. The van der Waals surface area contributed by atoms with Crippen LogP contribution in [0.5, 0.6) is 0 Å². The number of nitrogens with zero attached hydrogens (tertiary/aromatic N) is 1. The Morgan fingerprint density at radius 3 is 2.54 bits per heavy atom. The van der Waals surface area contributed by atoms with E-state index in [1.54, 1.807) is 18.9 Å². The number of aliphatic hydroxyl groups is 1. The van der Waals surface area contributed by atoms with E-state index in [9.17, 15) is 4.79 Å². The Morgan fingerprint density at radius 2 is 2.08 bits per heavy atom. The number of likely N-dealkylation sites (N-methyl/N-ethyl adjacent to an activating group) is 1. The zero-order valence-electron chi connectivity index (χ0n) is 8.49. The largest absolute Gasteiger partial charge is 0.392 e. The second-order valence-electron chi connectivity index (χ2n) is 4.05. The van der Waals surface area contributed by atoms with E-state index in [2.05, 4.69) is 0 Å². The minimum atomic E-state index is -0.421. The molecule has 3 heteroatoms. The summed E-state index contributed by atoms with van der Waals surface area (Å²) < 4.78 is 0. The van der Waals surface area contributed by atoms with Gasteiger partial charge in [0.15, 0.2) is 0 Å². The van der Waals surface area contributed by atoms with Gasteiger partial charge in [-0.25, -0.2) is 0 Å². The summed E-state index contributed by atoms with van der Waals surface area (Å²) in [5.74, 6) is 0.433. The van der Waals surface area contributed by atoms with Gasteiger partial charge in [0.1, 0.15) is 0 Å². The van der Waals surface area contributed by atoms with Crippen LogP contribution in [0.4, 0.5) is 0 Å². The fraction of sp³-hybridized carbons (Fsp3) is 0.900. The number of hydrogen-bond donors (Lipinski definition) is 1. The molecule has 0 heterocycles. The molecule has 3 nitrogen and oxygen atoms in total. The van der Waals surface area contributed by atoms with Crippen LogP contribution in [0.25, 0.3) is 0 Å². The summed E-state index contributed by atoms with van der Waals surface area (Å²) >= 11 is 0. The third-order valence-corrected chi connectivity index (χ3v) is 2.62. The van der Waals surface area contributed by atoms with Crippen LogP contribution in [0.3, 0.4) is 0 Å². The third-order valence-electron chi connectivity index (χ3n) is 2.62. The Bertz CT molecular complexity index is 174. The second kappa shape index (κ2) is 4.61. The lowest BCUT2D eigenvalue weighted by atomic mass is 10.1. The van der Waals surface area contributed by atoms with E-state index in [1.165, 1.54) is 12.8 Å². The van der Waals surface area contributed by atoms with E-state index in [-0.39, 0.29) is 11.8 Å². The number of hydrogen-bond acceptors (Lipinski definition) is 2. The SMILES string of the molecule is CC(O)CN(C)C(=O)C1CCCC1. The van der Waals surface area contributed by atoms with Gasteiger partial charge in [-0.1, -0.05) is 12.8 Å². The third kappa shape index (κ3) is 2.99. The lowest BCUT2D eigenvalue weighted by Gasteiger charge is -2.22. The molecule has 1 fully saturated rings. The topological polar surface area (TPSA) is 40.5 Å². The first-order chi connectivity index (χ1) is 6.11. The van der Waals surface area contributed by atoms with E-state index in [4.69, 9.17) is 5.11 Å². The molecule has 1 saturated carbocycles. The molecule has 1 aliphatic rings. The highest BCUT2D eigenvalue weighted by Gasteiger charge is 2.25. The molecule has 76 valence electrons. The molecule has 1 atom stereocenters. The van der Waals surface area contributed by atoms with Crippen LogP contribution < -0.4 is 0 Å². The van der Waals surface area contributed by atoms with E-state index in [1.807, 2.05) is 0 Å². The highest BCUT2D eigenvalue weighted by molar-refractivity contribution is 5.78. The Balaban J connectivity index is 2.36. The molecular formula is C10H19NO2. The maximum atomic E-state index is 11.7. The van der Waals surface area contributed by atoms with Crippen molar-refractivity contribution in [1.82, 2.24) is 4.90 Å². The molecule has 0 aromatic heterocycles. The molecule has 0 saturated heterocycles. The molecule has 1 N–H and O–H groups in total. The van der Waals surface area contributed by atoms with Crippen molar-refractivity contribution in [3.8, 4) is 0 Å². The van der Waals surface area contributed by atoms with Crippen LogP contribution in [0.2, 0.25) is 0 Å². The molecular weight excluding hydrogens is 166 g/mol. The summed E-state index contributed by atoms with van der Waals surface area (Å²) in [5, 5.41) is 9.12. The summed E-state index contributed by atoms with van der Waals surface area (Å²) in [5.41, 5.74) is 0. The summed E-state index contributed by atoms with van der Waals surface area (Å²) in [6, 6.07) is 0. The molecule has 13 heavy (non-hydrogen) atoms. The predicted octanol–water partition coefficient (Wildman–Crippen LogP) is 1.02. The van der Waals surface area contributed by atoms with Gasteiger partial charge in [-0.05, 0) is 19.8 Å². The van der Waals surface area contributed by atoms with Crippen molar-refractivity contribution in [2.24, 2.45) is 5.92 Å². The van der Waals surface area contributed by atoms with Crippen molar-refractivity contribution in [1.29, 1.82) is 0 Å². The minimum absolute atomic E-state index is 0.207. The monoisotopic (exact) mass is 185 g/mol. The van der Waals surface area contributed by atoms with Gasteiger partial charge in [0.05, 0.1) is 6.10 Å². The van der Waals surface area contributed by atoms with Gasteiger partial charge in [-0.2, -0.15) is 0 Å². The first-order valence-corrected chi connectivity index (χ1v) is 5.04. The molecule has 0 radical (unpaired) electrons. The molecule has 0 spiro atoms. The van der Waals surface area contributed by atoms with Gasteiger partial charge in [-0.3, -0.25) is 4.79 Å². The highest BCUT2D eigenvalue weighted by atomic mass is 16.3. The predicted molar refractivity (Wildman–Crippen MR) is 51.3 cm³/mol. The van der Waals surface area contributed by atoms with E-state index < -0.39 is 6.10 Å². The molecule has 0 aliphatic heterocycles. The van der Waals surface area contributed by atoms with Crippen LogP contribution in [0.1, 0.15) is 32.6 Å². The maximum Gasteiger partial charge on any atom is 0.225 e. The van der Waals surface area contributed by atoms with Crippen molar-refractivity contribution in [2.75, 3.05) is 13.6 Å². The van der Waals surface area contributed by atoms with Crippen molar-refractivity contribution in [3.63, 3.8) is 0 Å². The standard InChI is InChI=1S/C10H19NO2/c1-8(12)7-11(2)10(13)9-5-3-4-6-9/h8-9,12H,3-7H2,1-2H3. The van der Waals surface area contributed by atoms with E-state index in [0.717, 1.165) is 12.8 Å². The van der Waals surface area contributed by atoms with Crippen LogP contribution in [-0.4, -0.2) is 35.6 Å². The van der Waals surface area contributed by atoms with E-state index >= 15 is 0 Å². The smallest absolute Gasteiger partial charge is 0.225 e. The first-order valence-electron chi connectivity index (χ1n) is 5.04. The van der Waals surface area contributed by atoms with Crippen molar-refractivity contribution in [2.45, 2.75) is 38.7 Å². The lowest BCUT2D eigenvalue weighted by molar-refractivity contribution is -0.135. The van der Waals surface area contributed by atoms with Gasteiger partial charge in [0.25, 0.3) is 0 Å². The minimum Gasteiger partial charge on any atom is -0.392 e. The zero-order valence-corrected chi connectivity index (χ0v) is 8.49. The maximum absolute atomic E-state index is 11.7. The number of aliphatic hydroxyl groups excluding tert-OH is 1. The average Bonchev–Trinajstić information content (AvgIpc) is 2.53. The van der Waals surface area contributed by atoms with Gasteiger partial charge in [-0.15, -0.1) is 0 Å². The molecule has 1 aliphatic carbocycles. The molecule has 0 bridgehead atoms. The number of carbonyl (C=O) groups excluding carboxylic acids is 1. The van der Waals surface area contributed by atoms with Crippen LogP contribution in [0.15, 0.2) is 0 Å². The van der Waals surface area contributed by atoms with Crippen LogP contribution >= 0.6 is 0 Å². The summed E-state index contributed by atoms with van der Waals surface area (Å²) in [6.07, 6.45) is 4.00. The van der Waals surface area contributed by atoms with Gasteiger partial charge in [0.2, 0.25) is 5.91 Å². The summed E-state index contributed by atoms with van der Waals surface area (Å²) in [7, 11) is 1.77. The Labute approximate surface area is 79.7 Å². The molecule has 0 aromatic rings. The second-order valence-corrected chi connectivity index (χ2v) is 4.05. The van der Waals surface area contributed by atoms with Gasteiger partial charge in [0, 0.05) is 19.5 Å². The number of rotatable bonds is 3. The Kier molecular flexibility index (Phi) is 3.72. The lowest BCUT2D eigenvalue weighted by Crippen LogP contribution is -2.36. The van der Waals surface area contributed by atoms with Crippen molar-refractivity contribution >= 4 is 5.91 Å². The van der Waals surface area contributed by atoms with Crippen molar-refractivity contribution in [3.05, 3.63) is 0 Å². The molecule has 0 aromatic carbocycles. The van der Waals surface area contributed by atoms with Gasteiger partial charge < -0.3 is 10.0 Å². The number of amides is 1.